The number of alkyl halides is 3. The smallest absolute Gasteiger partial charge is 0.416 e. The van der Waals surface area contributed by atoms with Crippen LogP contribution in [0.3, 0.4) is 0 Å². The van der Waals surface area contributed by atoms with Gasteiger partial charge < -0.3 is 20.5 Å². The number of pyridine rings is 1. The van der Waals surface area contributed by atoms with E-state index < -0.39 is 17.7 Å². The van der Waals surface area contributed by atoms with Crippen LogP contribution < -0.4 is 15.4 Å². The number of aliphatic carboxylic acids is 1. The predicted octanol–water partition coefficient (Wildman–Crippen LogP) is 6.16. The van der Waals surface area contributed by atoms with E-state index in [-0.39, 0.29) is 36.7 Å². The molecule has 0 spiro atoms. The number of hydrogen-bond donors (Lipinski definition) is 3. The molecule has 0 bridgehead atoms. The van der Waals surface area contributed by atoms with Crippen molar-refractivity contribution in [1.29, 1.82) is 0 Å². The molecule has 2 aromatic carbocycles. The zero-order valence-electron chi connectivity index (χ0n) is 16.9. The molecule has 0 saturated carbocycles. The van der Waals surface area contributed by atoms with Crippen molar-refractivity contribution in [3.05, 3.63) is 75.9 Å². The van der Waals surface area contributed by atoms with E-state index in [0.29, 0.717) is 21.4 Å². The standard InChI is InChI=1S/C22H18Cl2F3N3O3/c23-18-5-2-14(9-19(18)24)30-15-3-6-20(29-11-15)33-16-4-1-13(7-8-28-12-21(31)32)17(10-16)22(25,26)27/h1-6,9-11,28,30H,7-8,12H2,(H,31,32). The van der Waals surface area contributed by atoms with E-state index in [9.17, 15) is 18.0 Å². The van der Waals surface area contributed by atoms with Gasteiger partial charge in [0.25, 0.3) is 0 Å². The van der Waals surface area contributed by atoms with Gasteiger partial charge in [-0.25, -0.2) is 4.98 Å². The fraction of sp³-hybridized carbons (Fsp3) is 0.182. The Balaban J connectivity index is 1.69. The summed E-state index contributed by atoms with van der Waals surface area (Å²) in [6.45, 7) is -0.242. The van der Waals surface area contributed by atoms with Crippen molar-refractivity contribution in [3.63, 3.8) is 0 Å². The number of nitrogens with one attached hydrogen (secondary N) is 2. The second-order valence-electron chi connectivity index (χ2n) is 6.88. The molecule has 3 aromatic rings. The summed E-state index contributed by atoms with van der Waals surface area (Å²) in [4.78, 5) is 14.6. The average Bonchev–Trinajstić information content (AvgIpc) is 2.75. The number of carbonyl (C=O) groups is 1. The van der Waals surface area contributed by atoms with Gasteiger partial charge in [0.2, 0.25) is 5.88 Å². The van der Waals surface area contributed by atoms with E-state index in [4.69, 9.17) is 33.0 Å². The van der Waals surface area contributed by atoms with Crippen LogP contribution in [0.25, 0.3) is 0 Å². The first-order chi connectivity index (χ1) is 15.6. The molecule has 0 aliphatic rings. The molecule has 174 valence electrons. The summed E-state index contributed by atoms with van der Waals surface area (Å²) >= 11 is 11.9. The molecule has 0 saturated heterocycles. The molecule has 1 heterocycles. The fourth-order valence-corrected chi connectivity index (χ4v) is 3.19. The van der Waals surface area contributed by atoms with Gasteiger partial charge in [0.05, 0.1) is 34.0 Å². The Bertz CT molecular complexity index is 1130. The molecule has 0 fully saturated rings. The number of carboxylic acids is 1. The second-order valence-corrected chi connectivity index (χ2v) is 7.69. The van der Waals surface area contributed by atoms with Crippen LogP contribution in [0.2, 0.25) is 10.0 Å². The molecular formula is C22H18Cl2F3N3O3. The summed E-state index contributed by atoms with van der Waals surface area (Å²) in [6.07, 6.45) is -3.12. The van der Waals surface area contributed by atoms with Crippen LogP contribution in [0.15, 0.2) is 54.7 Å². The topological polar surface area (TPSA) is 83.5 Å². The first-order valence-electron chi connectivity index (χ1n) is 9.60. The molecule has 3 N–H and O–H groups in total. The minimum Gasteiger partial charge on any atom is -0.480 e. The number of rotatable bonds is 9. The van der Waals surface area contributed by atoms with Crippen molar-refractivity contribution in [2.24, 2.45) is 0 Å². The Hall–Kier alpha value is -3.01. The zero-order chi connectivity index (χ0) is 24.0. The van der Waals surface area contributed by atoms with Crippen molar-refractivity contribution in [1.82, 2.24) is 10.3 Å². The molecule has 0 atom stereocenters. The fourth-order valence-electron chi connectivity index (χ4n) is 2.90. The van der Waals surface area contributed by atoms with Crippen molar-refractivity contribution in [3.8, 4) is 11.6 Å². The predicted molar refractivity (Wildman–Crippen MR) is 120 cm³/mol. The number of hydrogen-bond acceptors (Lipinski definition) is 5. The molecule has 0 aliphatic carbocycles. The average molecular weight is 500 g/mol. The molecule has 6 nitrogen and oxygen atoms in total. The lowest BCUT2D eigenvalue weighted by Crippen LogP contribution is -2.25. The maximum Gasteiger partial charge on any atom is 0.416 e. The van der Waals surface area contributed by atoms with Gasteiger partial charge in [-0.2, -0.15) is 13.2 Å². The van der Waals surface area contributed by atoms with Crippen molar-refractivity contribution < 1.29 is 27.8 Å². The lowest BCUT2D eigenvalue weighted by atomic mass is 10.0. The lowest BCUT2D eigenvalue weighted by Gasteiger charge is -2.15. The Morgan fingerprint density at radius 1 is 1.03 bits per heavy atom. The maximum atomic E-state index is 13.5. The highest BCUT2D eigenvalue weighted by Crippen LogP contribution is 2.36. The van der Waals surface area contributed by atoms with Crippen LogP contribution in [0.4, 0.5) is 24.5 Å². The van der Waals surface area contributed by atoms with Crippen molar-refractivity contribution >= 4 is 40.5 Å². The first kappa shape index (κ1) is 24.6. The van der Waals surface area contributed by atoms with Gasteiger partial charge in [-0.05, 0) is 54.9 Å². The Labute approximate surface area is 197 Å². The largest absolute Gasteiger partial charge is 0.480 e. The lowest BCUT2D eigenvalue weighted by molar-refractivity contribution is -0.138. The summed E-state index contributed by atoms with van der Waals surface area (Å²) in [5.41, 5.74) is 0.473. The quantitative estimate of drug-likeness (QED) is 0.306. The normalized spacial score (nSPS) is 11.3. The number of benzene rings is 2. The van der Waals surface area contributed by atoms with Gasteiger partial charge in [0.1, 0.15) is 5.75 Å². The van der Waals surface area contributed by atoms with E-state index in [2.05, 4.69) is 15.6 Å². The highest BCUT2D eigenvalue weighted by atomic mass is 35.5. The van der Waals surface area contributed by atoms with Crippen LogP contribution in [0.5, 0.6) is 11.6 Å². The monoisotopic (exact) mass is 499 g/mol. The van der Waals surface area contributed by atoms with E-state index in [1.165, 1.54) is 24.4 Å². The summed E-state index contributed by atoms with van der Waals surface area (Å²) < 4.78 is 46.0. The SMILES string of the molecule is O=C(O)CNCCc1ccc(Oc2ccc(Nc3ccc(Cl)c(Cl)c3)cn2)cc1C(F)(F)F. The van der Waals surface area contributed by atoms with Crippen LogP contribution in [-0.2, 0) is 17.4 Å². The van der Waals surface area contributed by atoms with Gasteiger partial charge in [0.15, 0.2) is 0 Å². The third-order valence-electron chi connectivity index (χ3n) is 4.40. The molecule has 3 rings (SSSR count). The Morgan fingerprint density at radius 2 is 1.79 bits per heavy atom. The maximum absolute atomic E-state index is 13.5. The van der Waals surface area contributed by atoms with Crippen LogP contribution >= 0.6 is 23.2 Å². The van der Waals surface area contributed by atoms with Gasteiger partial charge in [-0.3, -0.25) is 4.79 Å². The molecule has 0 amide bonds. The van der Waals surface area contributed by atoms with Gasteiger partial charge in [-0.15, -0.1) is 0 Å². The number of aromatic nitrogens is 1. The minimum absolute atomic E-state index is 0.00966. The molecule has 1 aromatic heterocycles. The van der Waals surface area contributed by atoms with Crippen LogP contribution in [0.1, 0.15) is 11.1 Å². The van der Waals surface area contributed by atoms with E-state index in [1.54, 1.807) is 24.3 Å². The summed E-state index contributed by atoms with van der Waals surface area (Å²) in [5.74, 6) is -0.999. The highest BCUT2D eigenvalue weighted by molar-refractivity contribution is 6.42. The highest BCUT2D eigenvalue weighted by Gasteiger charge is 2.33. The summed E-state index contributed by atoms with van der Waals surface area (Å²) in [7, 11) is 0. The van der Waals surface area contributed by atoms with E-state index in [0.717, 1.165) is 6.07 Å². The molecule has 0 radical (unpaired) electrons. The molecule has 11 heteroatoms. The number of ether oxygens (including phenoxy) is 1. The van der Waals surface area contributed by atoms with E-state index in [1.807, 2.05) is 0 Å². The third-order valence-corrected chi connectivity index (χ3v) is 5.14. The van der Waals surface area contributed by atoms with Crippen LogP contribution in [0, 0.1) is 0 Å². The third kappa shape index (κ3) is 7.24. The van der Waals surface area contributed by atoms with E-state index >= 15 is 0 Å². The molecule has 0 unspecified atom stereocenters. The molecule has 33 heavy (non-hydrogen) atoms. The molecular weight excluding hydrogens is 482 g/mol. The Morgan fingerprint density at radius 3 is 2.42 bits per heavy atom. The van der Waals surface area contributed by atoms with Gasteiger partial charge >= 0.3 is 12.1 Å². The van der Waals surface area contributed by atoms with Crippen molar-refractivity contribution in [2.75, 3.05) is 18.4 Å². The van der Waals surface area contributed by atoms with Gasteiger partial charge in [0, 0.05) is 11.8 Å². The zero-order valence-corrected chi connectivity index (χ0v) is 18.4. The Kier molecular flexibility index (Phi) is 8.01. The summed E-state index contributed by atoms with van der Waals surface area (Å²) in [5, 5.41) is 15.1. The second kappa shape index (κ2) is 10.7. The minimum atomic E-state index is -4.59. The van der Waals surface area contributed by atoms with Crippen molar-refractivity contribution in [2.45, 2.75) is 12.6 Å². The number of carboxylic acid groups (broad SMARTS) is 1. The number of halogens is 5. The number of nitrogens with zero attached hydrogens (tertiary/aromatic N) is 1. The first-order valence-corrected chi connectivity index (χ1v) is 10.4. The van der Waals surface area contributed by atoms with Crippen LogP contribution in [-0.4, -0.2) is 29.1 Å². The number of anilines is 2. The molecule has 0 aliphatic heterocycles. The summed E-state index contributed by atoms with van der Waals surface area (Å²) in [6, 6.07) is 11.8. The van der Waals surface area contributed by atoms with Gasteiger partial charge in [-0.1, -0.05) is 29.3 Å².